The molecule has 0 aromatic rings. The molecule has 0 aromatic heterocycles. The highest BCUT2D eigenvalue weighted by Gasteiger charge is 2.17. The van der Waals surface area contributed by atoms with Gasteiger partial charge in [0, 0.05) is 11.8 Å². The highest BCUT2D eigenvalue weighted by Crippen LogP contribution is 2.25. The van der Waals surface area contributed by atoms with Crippen molar-refractivity contribution in [3.05, 3.63) is 0 Å². The van der Waals surface area contributed by atoms with Gasteiger partial charge in [-0.15, -0.1) is 11.6 Å². The summed E-state index contributed by atoms with van der Waals surface area (Å²) >= 11 is 7.04. The minimum absolute atomic E-state index is 0.343. The van der Waals surface area contributed by atoms with Crippen molar-refractivity contribution < 1.29 is 8.42 Å². The molecule has 0 aliphatic carbocycles. The molecule has 1 atom stereocenters. The van der Waals surface area contributed by atoms with E-state index in [-0.39, 0.29) is 5.21 Å². The van der Waals surface area contributed by atoms with Crippen LogP contribution in [0.1, 0.15) is 12.8 Å². The van der Waals surface area contributed by atoms with Crippen LogP contribution >= 0.6 is 23.4 Å². The van der Waals surface area contributed by atoms with Crippen LogP contribution in [-0.4, -0.2) is 31.2 Å². The van der Waals surface area contributed by atoms with E-state index in [1.54, 1.807) is 0 Å². The van der Waals surface area contributed by atoms with Crippen LogP contribution in [0.25, 0.3) is 0 Å². The quantitative estimate of drug-likeness (QED) is 0.732. The molecule has 0 amide bonds. The zero-order valence-electron chi connectivity index (χ0n) is 6.62. The minimum atomic E-state index is -3.20. The molecule has 3 nitrogen and oxygen atoms in total. The molecule has 1 aliphatic rings. The molecular formula is C6H12ClNO2S2. The van der Waals surface area contributed by atoms with Gasteiger partial charge in [-0.25, -0.2) is 13.1 Å². The summed E-state index contributed by atoms with van der Waals surface area (Å²) in [4.78, 5) is 0. The lowest BCUT2D eigenvalue weighted by atomic mass is 10.2. The van der Waals surface area contributed by atoms with Gasteiger partial charge in [0.25, 0.3) is 0 Å². The lowest BCUT2D eigenvalue weighted by Gasteiger charge is -2.08. The van der Waals surface area contributed by atoms with Crippen molar-refractivity contribution in [1.82, 2.24) is 4.72 Å². The maximum absolute atomic E-state index is 10.9. The van der Waals surface area contributed by atoms with Crippen LogP contribution < -0.4 is 4.72 Å². The Labute approximate surface area is 82.3 Å². The Morgan fingerprint density at radius 1 is 1.58 bits per heavy atom. The van der Waals surface area contributed by atoms with Crippen molar-refractivity contribution >= 4 is 33.4 Å². The molecule has 0 bridgehead atoms. The van der Waals surface area contributed by atoms with Gasteiger partial charge in [-0.3, -0.25) is 0 Å². The standard InChI is InChI=1S/C6H12ClNO2S2/c7-5-12(9,10)8-4-6-2-1-3-11-6/h6,8H,1-5H2. The predicted molar refractivity (Wildman–Crippen MR) is 53.1 cm³/mol. The van der Waals surface area contributed by atoms with E-state index in [2.05, 4.69) is 4.72 Å². The van der Waals surface area contributed by atoms with Crippen molar-refractivity contribution in [1.29, 1.82) is 0 Å². The van der Waals surface area contributed by atoms with E-state index in [1.165, 1.54) is 6.42 Å². The van der Waals surface area contributed by atoms with E-state index in [0.29, 0.717) is 11.8 Å². The number of thioether (sulfide) groups is 1. The number of nitrogens with one attached hydrogen (secondary N) is 1. The SMILES string of the molecule is O=S(=O)(CCl)NCC1CCCS1. The average Bonchev–Trinajstić information content (AvgIpc) is 2.53. The van der Waals surface area contributed by atoms with E-state index in [1.807, 2.05) is 11.8 Å². The van der Waals surface area contributed by atoms with Gasteiger partial charge >= 0.3 is 0 Å². The molecule has 72 valence electrons. The highest BCUT2D eigenvalue weighted by molar-refractivity contribution is 8.00. The van der Waals surface area contributed by atoms with Crippen LogP contribution in [0.5, 0.6) is 0 Å². The van der Waals surface area contributed by atoms with Gasteiger partial charge in [0.1, 0.15) is 5.21 Å². The summed E-state index contributed by atoms with van der Waals surface area (Å²) in [6.07, 6.45) is 2.30. The molecule has 0 radical (unpaired) electrons. The Kier molecular flexibility index (Phi) is 4.16. The Hall–Kier alpha value is 0.550. The fourth-order valence-electron chi connectivity index (χ4n) is 1.06. The van der Waals surface area contributed by atoms with Crippen molar-refractivity contribution in [2.45, 2.75) is 18.1 Å². The van der Waals surface area contributed by atoms with Gasteiger partial charge < -0.3 is 0 Å². The normalized spacial score (nSPS) is 24.6. The molecule has 0 aromatic carbocycles. The Morgan fingerprint density at radius 3 is 2.83 bits per heavy atom. The van der Waals surface area contributed by atoms with Gasteiger partial charge in [0.2, 0.25) is 10.0 Å². The predicted octanol–water partition coefficient (Wildman–Crippen LogP) is 0.998. The summed E-state index contributed by atoms with van der Waals surface area (Å²) in [5, 5.41) is 0.104. The number of alkyl halides is 1. The third kappa shape index (κ3) is 3.51. The lowest BCUT2D eigenvalue weighted by molar-refractivity contribution is 0.583. The third-order valence-corrected chi connectivity index (χ3v) is 4.85. The second-order valence-electron chi connectivity index (χ2n) is 2.71. The van der Waals surface area contributed by atoms with Crippen LogP contribution in [0.2, 0.25) is 0 Å². The van der Waals surface area contributed by atoms with Crippen LogP contribution in [-0.2, 0) is 10.0 Å². The Morgan fingerprint density at radius 2 is 2.33 bits per heavy atom. The van der Waals surface area contributed by atoms with Crippen LogP contribution in [0.3, 0.4) is 0 Å². The summed E-state index contributed by atoms with van der Waals surface area (Å²) in [5.74, 6) is 1.15. The van der Waals surface area contributed by atoms with Crippen molar-refractivity contribution in [2.24, 2.45) is 0 Å². The minimum Gasteiger partial charge on any atom is -0.213 e. The van der Waals surface area contributed by atoms with Gasteiger partial charge in [-0.2, -0.15) is 11.8 Å². The molecule has 0 spiro atoms. The molecule has 1 fully saturated rings. The molecule has 1 rings (SSSR count). The summed E-state index contributed by atoms with van der Waals surface area (Å²) < 4.78 is 24.3. The van der Waals surface area contributed by atoms with Crippen LogP contribution in [0.4, 0.5) is 0 Å². The van der Waals surface area contributed by atoms with Crippen molar-refractivity contribution in [2.75, 3.05) is 17.5 Å². The number of rotatable bonds is 4. The van der Waals surface area contributed by atoms with E-state index in [9.17, 15) is 8.42 Å². The fraction of sp³-hybridized carbons (Fsp3) is 1.00. The topological polar surface area (TPSA) is 46.2 Å². The first kappa shape index (κ1) is 10.6. The first-order valence-electron chi connectivity index (χ1n) is 3.79. The smallest absolute Gasteiger partial charge is 0.213 e. The number of sulfonamides is 1. The fourth-order valence-corrected chi connectivity index (χ4v) is 3.13. The van der Waals surface area contributed by atoms with Crippen LogP contribution in [0, 0.1) is 0 Å². The second kappa shape index (κ2) is 4.69. The molecule has 12 heavy (non-hydrogen) atoms. The molecule has 1 saturated heterocycles. The zero-order chi connectivity index (χ0) is 9.03. The first-order valence-corrected chi connectivity index (χ1v) is 7.02. The molecule has 1 unspecified atom stereocenters. The largest absolute Gasteiger partial charge is 0.225 e. The molecule has 1 heterocycles. The van der Waals surface area contributed by atoms with Gasteiger partial charge in [0.15, 0.2) is 0 Å². The Balaban J connectivity index is 2.25. The first-order chi connectivity index (χ1) is 5.64. The maximum atomic E-state index is 10.9. The number of hydrogen-bond acceptors (Lipinski definition) is 3. The molecule has 1 aliphatic heterocycles. The monoisotopic (exact) mass is 229 g/mol. The van der Waals surface area contributed by atoms with Crippen molar-refractivity contribution in [3.8, 4) is 0 Å². The maximum Gasteiger partial charge on any atom is 0.225 e. The number of halogens is 1. The summed E-state index contributed by atoms with van der Waals surface area (Å²) in [6, 6.07) is 0. The van der Waals surface area contributed by atoms with Crippen LogP contribution in [0.15, 0.2) is 0 Å². The number of hydrogen-bond donors (Lipinski definition) is 1. The third-order valence-electron chi connectivity index (χ3n) is 1.70. The van der Waals surface area contributed by atoms with Gasteiger partial charge in [0.05, 0.1) is 0 Å². The average molecular weight is 230 g/mol. The molecule has 0 saturated carbocycles. The van der Waals surface area contributed by atoms with Gasteiger partial charge in [-0.05, 0) is 18.6 Å². The Bertz CT molecular complexity index is 224. The summed E-state index contributed by atoms with van der Waals surface area (Å²) in [6.45, 7) is 0.528. The molecular weight excluding hydrogens is 218 g/mol. The highest BCUT2D eigenvalue weighted by atomic mass is 35.5. The van der Waals surface area contributed by atoms with Gasteiger partial charge in [-0.1, -0.05) is 0 Å². The molecule has 1 N–H and O–H groups in total. The van der Waals surface area contributed by atoms with E-state index >= 15 is 0 Å². The summed E-state index contributed by atoms with van der Waals surface area (Å²) in [7, 11) is -3.20. The van der Waals surface area contributed by atoms with E-state index in [0.717, 1.165) is 12.2 Å². The van der Waals surface area contributed by atoms with Crippen molar-refractivity contribution in [3.63, 3.8) is 0 Å². The zero-order valence-corrected chi connectivity index (χ0v) is 9.01. The van der Waals surface area contributed by atoms with E-state index in [4.69, 9.17) is 11.6 Å². The second-order valence-corrected chi connectivity index (χ2v) is 6.51. The van der Waals surface area contributed by atoms with E-state index < -0.39 is 10.0 Å². The molecule has 6 heteroatoms. The summed E-state index contributed by atoms with van der Waals surface area (Å²) in [5.41, 5.74) is 0. The lowest BCUT2D eigenvalue weighted by Crippen LogP contribution is -2.30.